The predicted molar refractivity (Wildman–Crippen MR) is 64.6 cm³/mol. The smallest absolute Gasteiger partial charge is 0.410 e. The molecular formula is C13H16N2O3. The van der Waals surface area contributed by atoms with Gasteiger partial charge in [-0.1, -0.05) is 30.3 Å². The molecule has 96 valence electrons. The van der Waals surface area contributed by atoms with Crippen molar-refractivity contribution in [1.29, 1.82) is 0 Å². The van der Waals surface area contributed by atoms with E-state index in [0.717, 1.165) is 5.56 Å². The molecule has 0 aliphatic carbocycles. The highest BCUT2D eigenvalue weighted by Crippen LogP contribution is 2.22. The molecule has 0 unspecified atom stereocenters. The number of benzene rings is 1. The number of nitrogens with one attached hydrogen (secondary N) is 1. The summed E-state index contributed by atoms with van der Waals surface area (Å²) in [5.74, 6) is 0.397. The Hall–Kier alpha value is -1.59. The lowest BCUT2D eigenvalue weighted by atomic mass is 10.1. The Morgan fingerprint density at radius 2 is 2.22 bits per heavy atom. The van der Waals surface area contributed by atoms with Crippen molar-refractivity contribution in [3.8, 4) is 0 Å². The maximum absolute atomic E-state index is 11.9. The molecule has 1 aromatic rings. The molecule has 0 aromatic heterocycles. The molecule has 2 atom stereocenters. The van der Waals surface area contributed by atoms with Crippen LogP contribution in [0.25, 0.3) is 0 Å². The average Bonchev–Trinajstić information content (AvgIpc) is 2.98. The van der Waals surface area contributed by atoms with Gasteiger partial charge in [-0.3, -0.25) is 0 Å². The van der Waals surface area contributed by atoms with Crippen molar-refractivity contribution < 1.29 is 14.4 Å². The standard InChI is InChI=1S/C13H16N2O3/c16-13(17-8-10-4-2-1-3-5-10)15-6-11-9-18-14-12(11)7-15/h1-5,11-12,14H,6-9H2/t11-,12-/m1/s1. The van der Waals surface area contributed by atoms with E-state index in [4.69, 9.17) is 9.57 Å². The highest BCUT2D eigenvalue weighted by molar-refractivity contribution is 5.68. The zero-order chi connectivity index (χ0) is 12.4. The third-order valence-corrected chi connectivity index (χ3v) is 3.44. The molecule has 1 N–H and O–H groups in total. The van der Waals surface area contributed by atoms with Gasteiger partial charge in [-0.05, 0) is 5.56 Å². The van der Waals surface area contributed by atoms with Crippen molar-refractivity contribution in [2.75, 3.05) is 19.7 Å². The van der Waals surface area contributed by atoms with E-state index in [1.807, 2.05) is 30.3 Å². The minimum absolute atomic E-state index is 0.241. The number of nitrogens with zero attached hydrogens (tertiary/aromatic N) is 1. The van der Waals surface area contributed by atoms with Gasteiger partial charge in [0.15, 0.2) is 0 Å². The van der Waals surface area contributed by atoms with Gasteiger partial charge in [-0.25, -0.2) is 4.79 Å². The summed E-state index contributed by atoms with van der Waals surface area (Å²) in [4.78, 5) is 18.8. The Bertz CT molecular complexity index is 412. The van der Waals surface area contributed by atoms with Crippen molar-refractivity contribution in [1.82, 2.24) is 10.4 Å². The largest absolute Gasteiger partial charge is 0.445 e. The van der Waals surface area contributed by atoms with Crippen LogP contribution in [0.15, 0.2) is 30.3 Å². The molecule has 3 rings (SSSR count). The summed E-state index contributed by atoms with van der Waals surface area (Å²) < 4.78 is 5.30. The number of hydroxylamine groups is 1. The van der Waals surface area contributed by atoms with Crippen molar-refractivity contribution >= 4 is 6.09 Å². The molecule has 2 aliphatic heterocycles. The van der Waals surface area contributed by atoms with E-state index in [0.29, 0.717) is 32.2 Å². The molecule has 5 heteroatoms. The van der Waals surface area contributed by atoms with Crippen LogP contribution < -0.4 is 5.48 Å². The first-order valence-corrected chi connectivity index (χ1v) is 6.16. The van der Waals surface area contributed by atoms with Crippen LogP contribution in [-0.4, -0.2) is 36.7 Å². The second-order valence-electron chi connectivity index (χ2n) is 4.74. The fourth-order valence-electron chi connectivity index (χ4n) is 2.40. The van der Waals surface area contributed by atoms with E-state index in [1.54, 1.807) is 4.90 Å². The summed E-state index contributed by atoms with van der Waals surface area (Å²) in [5.41, 5.74) is 3.93. The summed E-state index contributed by atoms with van der Waals surface area (Å²) in [7, 11) is 0. The van der Waals surface area contributed by atoms with E-state index >= 15 is 0 Å². The molecule has 5 nitrogen and oxygen atoms in total. The number of fused-ring (bicyclic) bond motifs is 1. The Kier molecular flexibility index (Phi) is 3.17. The molecule has 2 saturated heterocycles. The second-order valence-corrected chi connectivity index (χ2v) is 4.74. The number of hydrogen-bond donors (Lipinski definition) is 1. The molecule has 1 aromatic carbocycles. The SMILES string of the molecule is O=C(OCc1ccccc1)N1C[C@@H]2CON[C@@H]2C1. The Labute approximate surface area is 106 Å². The van der Waals surface area contributed by atoms with E-state index < -0.39 is 0 Å². The number of amides is 1. The Morgan fingerprint density at radius 1 is 1.39 bits per heavy atom. The number of hydrogen-bond acceptors (Lipinski definition) is 4. The summed E-state index contributed by atoms with van der Waals surface area (Å²) in [6, 6.07) is 9.96. The summed E-state index contributed by atoms with van der Waals surface area (Å²) in [6.45, 7) is 2.38. The van der Waals surface area contributed by atoms with E-state index in [1.165, 1.54) is 0 Å². The maximum Gasteiger partial charge on any atom is 0.410 e. The number of rotatable bonds is 2. The highest BCUT2D eigenvalue weighted by atomic mass is 16.7. The third-order valence-electron chi connectivity index (χ3n) is 3.44. The van der Waals surface area contributed by atoms with Crippen LogP contribution in [0.1, 0.15) is 5.56 Å². The number of carbonyl (C=O) groups is 1. The number of ether oxygens (including phenoxy) is 1. The minimum atomic E-state index is -0.241. The van der Waals surface area contributed by atoms with Crippen molar-refractivity contribution in [3.05, 3.63) is 35.9 Å². The van der Waals surface area contributed by atoms with Gasteiger partial charge >= 0.3 is 6.09 Å². The minimum Gasteiger partial charge on any atom is -0.445 e. The van der Waals surface area contributed by atoms with Crippen LogP contribution >= 0.6 is 0 Å². The number of likely N-dealkylation sites (tertiary alicyclic amines) is 1. The van der Waals surface area contributed by atoms with Gasteiger partial charge < -0.3 is 14.5 Å². The first-order chi connectivity index (χ1) is 8.83. The van der Waals surface area contributed by atoms with Gasteiger partial charge in [0.1, 0.15) is 6.61 Å². The van der Waals surface area contributed by atoms with Crippen LogP contribution in [0.4, 0.5) is 4.79 Å². The molecule has 0 radical (unpaired) electrons. The topological polar surface area (TPSA) is 50.8 Å². The summed E-state index contributed by atoms with van der Waals surface area (Å²) in [5, 5.41) is 0. The van der Waals surface area contributed by atoms with Gasteiger partial charge in [0.2, 0.25) is 0 Å². The molecule has 2 heterocycles. The van der Waals surface area contributed by atoms with Crippen LogP contribution in [0, 0.1) is 5.92 Å². The van der Waals surface area contributed by atoms with Crippen molar-refractivity contribution in [2.24, 2.45) is 5.92 Å². The van der Waals surface area contributed by atoms with E-state index in [2.05, 4.69) is 5.48 Å². The van der Waals surface area contributed by atoms with Gasteiger partial charge in [-0.2, -0.15) is 5.48 Å². The second kappa shape index (κ2) is 4.96. The van der Waals surface area contributed by atoms with Crippen LogP contribution in [-0.2, 0) is 16.2 Å². The number of carbonyl (C=O) groups excluding carboxylic acids is 1. The van der Waals surface area contributed by atoms with Crippen LogP contribution in [0.3, 0.4) is 0 Å². The predicted octanol–water partition coefficient (Wildman–Crippen LogP) is 1.16. The molecule has 0 spiro atoms. The molecule has 18 heavy (non-hydrogen) atoms. The molecule has 0 saturated carbocycles. The molecule has 2 aliphatic rings. The maximum atomic E-state index is 11.9. The lowest BCUT2D eigenvalue weighted by Gasteiger charge is -2.17. The fraction of sp³-hybridized carbons (Fsp3) is 0.462. The molecule has 0 bridgehead atoms. The highest BCUT2D eigenvalue weighted by Gasteiger charge is 2.39. The molecule has 1 amide bonds. The first-order valence-electron chi connectivity index (χ1n) is 6.16. The Morgan fingerprint density at radius 3 is 3.00 bits per heavy atom. The molecule has 2 fully saturated rings. The van der Waals surface area contributed by atoms with Gasteiger partial charge in [0.05, 0.1) is 12.6 Å². The fourth-order valence-corrected chi connectivity index (χ4v) is 2.40. The summed E-state index contributed by atoms with van der Waals surface area (Å²) >= 11 is 0. The normalized spacial score (nSPS) is 26.1. The zero-order valence-corrected chi connectivity index (χ0v) is 10.0. The van der Waals surface area contributed by atoms with E-state index in [9.17, 15) is 4.79 Å². The first kappa shape index (κ1) is 11.5. The van der Waals surface area contributed by atoms with Crippen LogP contribution in [0.5, 0.6) is 0 Å². The van der Waals surface area contributed by atoms with E-state index in [-0.39, 0.29) is 12.1 Å². The third kappa shape index (κ3) is 2.32. The van der Waals surface area contributed by atoms with Gasteiger partial charge in [-0.15, -0.1) is 0 Å². The van der Waals surface area contributed by atoms with Crippen molar-refractivity contribution in [2.45, 2.75) is 12.6 Å². The van der Waals surface area contributed by atoms with Gasteiger partial charge in [0.25, 0.3) is 0 Å². The quantitative estimate of drug-likeness (QED) is 0.853. The Balaban J connectivity index is 1.50. The molecular weight excluding hydrogens is 232 g/mol. The lowest BCUT2D eigenvalue weighted by Crippen LogP contribution is -2.33. The van der Waals surface area contributed by atoms with Crippen molar-refractivity contribution in [3.63, 3.8) is 0 Å². The van der Waals surface area contributed by atoms with Crippen LogP contribution in [0.2, 0.25) is 0 Å². The zero-order valence-electron chi connectivity index (χ0n) is 10.0. The monoisotopic (exact) mass is 248 g/mol. The summed E-state index contributed by atoms with van der Waals surface area (Å²) in [6.07, 6.45) is -0.241. The average molecular weight is 248 g/mol. The van der Waals surface area contributed by atoms with Gasteiger partial charge in [0, 0.05) is 19.0 Å². The lowest BCUT2D eigenvalue weighted by molar-refractivity contribution is 0.0628.